The van der Waals surface area contributed by atoms with Gasteiger partial charge >= 0.3 is 5.97 Å². The molecule has 1 aliphatic rings. The molecule has 0 bridgehead atoms. The number of fused-ring (bicyclic) bond motifs is 3. The van der Waals surface area contributed by atoms with Crippen molar-refractivity contribution in [2.24, 2.45) is 5.73 Å². The van der Waals surface area contributed by atoms with Crippen molar-refractivity contribution in [3.05, 3.63) is 90.8 Å². The number of nitro groups is 1. The fourth-order valence-electron chi connectivity index (χ4n) is 3.43. The van der Waals surface area contributed by atoms with Crippen LogP contribution in [0.2, 0.25) is 0 Å². The van der Waals surface area contributed by atoms with Gasteiger partial charge in [-0.05, 0) is 17.7 Å². The summed E-state index contributed by atoms with van der Waals surface area (Å²) in [6, 6.07) is 12.9. The van der Waals surface area contributed by atoms with Crippen molar-refractivity contribution < 1.29 is 19.2 Å². The van der Waals surface area contributed by atoms with E-state index in [0.717, 1.165) is 11.3 Å². The summed E-state index contributed by atoms with van der Waals surface area (Å²) in [4.78, 5) is 36.2. The van der Waals surface area contributed by atoms with Crippen molar-refractivity contribution in [3.63, 3.8) is 0 Å². The molecule has 8 nitrogen and oxygen atoms in total. The Hall–Kier alpha value is -3.72. The zero-order valence-corrected chi connectivity index (χ0v) is 15.9. The number of nitrogens with two attached hydrogens (primary N) is 1. The molecular formula is C20H14N2O6S. The van der Waals surface area contributed by atoms with Crippen LogP contribution in [0.4, 0.5) is 5.69 Å². The van der Waals surface area contributed by atoms with Crippen molar-refractivity contribution >= 4 is 33.1 Å². The predicted octanol–water partition coefficient (Wildman–Crippen LogP) is 3.04. The summed E-state index contributed by atoms with van der Waals surface area (Å²) in [6.45, 7) is 0. The molecule has 0 unspecified atom stereocenters. The van der Waals surface area contributed by atoms with Crippen LogP contribution in [0.3, 0.4) is 0 Å². The van der Waals surface area contributed by atoms with Gasteiger partial charge in [0.05, 0.1) is 23.5 Å². The van der Waals surface area contributed by atoms with E-state index in [1.165, 1.54) is 25.3 Å². The van der Waals surface area contributed by atoms with Crippen LogP contribution in [0.15, 0.2) is 64.8 Å². The zero-order chi connectivity index (χ0) is 20.7. The molecule has 0 fully saturated rings. The Morgan fingerprint density at radius 2 is 2.00 bits per heavy atom. The Morgan fingerprint density at radius 3 is 2.72 bits per heavy atom. The summed E-state index contributed by atoms with van der Waals surface area (Å²) in [5.41, 5.74) is 6.39. The monoisotopic (exact) mass is 410 g/mol. The highest BCUT2D eigenvalue weighted by molar-refractivity contribution is 7.16. The first-order chi connectivity index (χ1) is 13.9. The molecule has 0 spiro atoms. The van der Waals surface area contributed by atoms with Crippen molar-refractivity contribution in [1.82, 2.24) is 0 Å². The lowest BCUT2D eigenvalue weighted by Gasteiger charge is -2.28. The Balaban J connectivity index is 2.07. The largest absolute Gasteiger partial charge is 0.465 e. The van der Waals surface area contributed by atoms with Crippen LogP contribution in [0, 0.1) is 10.1 Å². The predicted molar refractivity (Wildman–Crippen MR) is 107 cm³/mol. The molecule has 2 N–H and O–H groups in total. The van der Waals surface area contributed by atoms with Crippen LogP contribution in [-0.2, 0) is 9.53 Å². The van der Waals surface area contributed by atoms with Gasteiger partial charge in [0.15, 0.2) is 0 Å². The van der Waals surface area contributed by atoms with E-state index in [9.17, 15) is 19.7 Å². The molecule has 146 valence electrons. The number of rotatable bonds is 3. The Labute approximate surface area is 167 Å². The lowest BCUT2D eigenvalue weighted by Crippen LogP contribution is -2.30. The standard InChI is InChI=1S/C20H14N2O6S/c1-27-19(23)16-14(10-5-4-6-11(9-10)22(25)26)15-17(28-18(16)21)12-7-2-3-8-13(12)29-20(15)24/h2-9,14H,21H2,1H3/t14-/m1/s1. The maximum Gasteiger partial charge on any atom is 0.340 e. The van der Waals surface area contributed by atoms with E-state index in [0.29, 0.717) is 15.6 Å². The highest BCUT2D eigenvalue weighted by Gasteiger charge is 2.38. The van der Waals surface area contributed by atoms with Gasteiger partial charge < -0.3 is 15.2 Å². The number of benzene rings is 2. The molecule has 2 heterocycles. The molecule has 29 heavy (non-hydrogen) atoms. The topological polar surface area (TPSA) is 122 Å². The van der Waals surface area contributed by atoms with E-state index >= 15 is 0 Å². The molecule has 9 heteroatoms. The number of nitro benzene ring substituents is 1. The second-order valence-electron chi connectivity index (χ2n) is 6.29. The average molecular weight is 410 g/mol. The Kier molecular flexibility index (Phi) is 4.51. The van der Waals surface area contributed by atoms with Crippen LogP contribution in [0.25, 0.3) is 10.1 Å². The second-order valence-corrected chi connectivity index (χ2v) is 7.30. The summed E-state index contributed by atoms with van der Waals surface area (Å²) in [5, 5.41) is 11.9. The minimum Gasteiger partial charge on any atom is -0.465 e. The number of hydrogen-bond acceptors (Lipinski definition) is 8. The fourth-order valence-corrected chi connectivity index (χ4v) is 4.36. The normalized spacial score (nSPS) is 15.6. The molecule has 0 saturated heterocycles. The number of ether oxygens (including phenoxy) is 2. The molecular weight excluding hydrogens is 396 g/mol. The molecule has 1 aromatic heterocycles. The van der Waals surface area contributed by atoms with Crippen molar-refractivity contribution in [2.45, 2.75) is 5.92 Å². The smallest absolute Gasteiger partial charge is 0.340 e. The van der Waals surface area contributed by atoms with E-state index < -0.39 is 16.8 Å². The van der Waals surface area contributed by atoms with E-state index in [2.05, 4.69) is 0 Å². The quantitative estimate of drug-likeness (QED) is 0.400. The van der Waals surface area contributed by atoms with Crippen molar-refractivity contribution in [1.29, 1.82) is 0 Å². The first kappa shape index (κ1) is 18.6. The third-order valence-corrected chi connectivity index (χ3v) is 5.65. The summed E-state index contributed by atoms with van der Waals surface area (Å²) >= 11 is 1.00. The van der Waals surface area contributed by atoms with Gasteiger partial charge in [0.2, 0.25) is 10.6 Å². The highest BCUT2D eigenvalue weighted by atomic mass is 32.1. The first-order valence-corrected chi connectivity index (χ1v) is 9.30. The summed E-state index contributed by atoms with van der Waals surface area (Å²) in [6.07, 6.45) is 0. The highest BCUT2D eigenvalue weighted by Crippen LogP contribution is 2.45. The van der Waals surface area contributed by atoms with E-state index in [4.69, 9.17) is 15.2 Å². The maximum absolute atomic E-state index is 13.0. The van der Waals surface area contributed by atoms with Crippen LogP contribution in [0.5, 0.6) is 5.75 Å². The molecule has 0 amide bonds. The third kappa shape index (κ3) is 3.01. The molecule has 4 rings (SSSR count). The number of non-ortho nitro benzene ring substituents is 1. The van der Waals surface area contributed by atoms with E-state index in [1.54, 1.807) is 30.3 Å². The molecule has 0 aliphatic carbocycles. The SMILES string of the molecule is COC(=O)C1=C(N)Oc2c(c(=O)sc3ccccc23)[C@H]1c1cccc([N+](=O)[O-])c1. The number of nitrogens with zero attached hydrogens (tertiary/aromatic N) is 1. The molecule has 2 aromatic carbocycles. The number of carbonyl (C=O) groups excluding carboxylic acids is 1. The van der Waals surface area contributed by atoms with E-state index in [-0.39, 0.29) is 33.2 Å². The van der Waals surface area contributed by atoms with Crippen LogP contribution in [-0.4, -0.2) is 18.0 Å². The molecule has 1 aliphatic heterocycles. The van der Waals surface area contributed by atoms with Gasteiger partial charge in [-0.1, -0.05) is 35.6 Å². The number of esters is 1. The Bertz CT molecular complexity index is 1260. The number of hydrogen-bond donors (Lipinski definition) is 1. The van der Waals surface area contributed by atoms with Gasteiger partial charge in [0.25, 0.3) is 5.69 Å². The molecule has 0 radical (unpaired) electrons. The average Bonchev–Trinajstić information content (AvgIpc) is 2.72. The maximum atomic E-state index is 13.0. The zero-order valence-electron chi connectivity index (χ0n) is 15.1. The summed E-state index contributed by atoms with van der Waals surface area (Å²) in [5.74, 6) is -1.70. The molecule has 1 atom stereocenters. The van der Waals surface area contributed by atoms with Crippen LogP contribution >= 0.6 is 11.3 Å². The minimum atomic E-state index is -0.959. The van der Waals surface area contributed by atoms with Crippen LogP contribution < -0.4 is 15.2 Å². The van der Waals surface area contributed by atoms with Crippen LogP contribution in [0.1, 0.15) is 17.0 Å². The van der Waals surface area contributed by atoms with Gasteiger partial charge in [-0.15, -0.1) is 0 Å². The van der Waals surface area contributed by atoms with E-state index in [1.807, 2.05) is 0 Å². The number of methoxy groups -OCH3 is 1. The Morgan fingerprint density at radius 1 is 1.24 bits per heavy atom. The van der Waals surface area contributed by atoms with Gasteiger partial charge in [0.1, 0.15) is 11.3 Å². The number of carbonyl (C=O) groups is 1. The van der Waals surface area contributed by atoms with Crippen molar-refractivity contribution in [2.75, 3.05) is 7.11 Å². The fraction of sp³-hybridized carbons (Fsp3) is 0.100. The molecule has 0 saturated carbocycles. The lowest BCUT2D eigenvalue weighted by atomic mass is 9.83. The third-order valence-electron chi connectivity index (χ3n) is 4.67. The molecule has 3 aromatic rings. The van der Waals surface area contributed by atoms with Gasteiger partial charge in [0, 0.05) is 22.2 Å². The summed E-state index contributed by atoms with van der Waals surface area (Å²) < 4.78 is 10.9. The minimum absolute atomic E-state index is 0.0694. The second kappa shape index (κ2) is 7.02. The lowest BCUT2D eigenvalue weighted by molar-refractivity contribution is -0.384. The first-order valence-electron chi connectivity index (χ1n) is 8.48. The van der Waals surface area contributed by atoms with Gasteiger partial charge in [-0.2, -0.15) is 0 Å². The summed E-state index contributed by atoms with van der Waals surface area (Å²) in [7, 11) is 1.18. The van der Waals surface area contributed by atoms with Gasteiger partial charge in [-0.3, -0.25) is 14.9 Å². The van der Waals surface area contributed by atoms with Gasteiger partial charge in [-0.25, -0.2) is 4.79 Å². The van der Waals surface area contributed by atoms with Crippen molar-refractivity contribution in [3.8, 4) is 5.75 Å².